The summed E-state index contributed by atoms with van der Waals surface area (Å²) in [5.41, 5.74) is 2.92. The molecule has 3 rings (SSSR count). The van der Waals surface area contributed by atoms with Crippen LogP contribution in [0.3, 0.4) is 0 Å². The first-order valence-corrected chi connectivity index (χ1v) is 6.32. The standard InChI is InChI=1S/C16H17N/c1-2-6-14(7-3-1)10-12-17-13-11-15-8-4-5-9-16(15)17/h1-2,4-6,8-9,11,13H,3,7,10,12H2. The molecule has 17 heavy (non-hydrogen) atoms. The fraction of sp³-hybridized carbons (Fsp3) is 0.250. The van der Waals surface area contributed by atoms with Gasteiger partial charge in [0, 0.05) is 18.3 Å². The molecule has 2 aromatic rings. The summed E-state index contributed by atoms with van der Waals surface area (Å²) in [6, 6.07) is 10.8. The Labute approximate surface area is 102 Å². The van der Waals surface area contributed by atoms with Gasteiger partial charge >= 0.3 is 0 Å². The number of aromatic nitrogens is 1. The van der Waals surface area contributed by atoms with Crippen LogP contribution < -0.4 is 0 Å². The molecule has 0 radical (unpaired) electrons. The second kappa shape index (κ2) is 4.62. The molecule has 0 N–H and O–H groups in total. The van der Waals surface area contributed by atoms with E-state index in [9.17, 15) is 0 Å². The lowest BCUT2D eigenvalue weighted by atomic mass is 10.0. The molecule has 86 valence electrons. The Morgan fingerprint density at radius 1 is 1.12 bits per heavy atom. The van der Waals surface area contributed by atoms with E-state index < -0.39 is 0 Å². The van der Waals surface area contributed by atoms with Gasteiger partial charge in [0.05, 0.1) is 0 Å². The van der Waals surface area contributed by atoms with Crippen LogP contribution in [-0.4, -0.2) is 4.57 Å². The molecule has 1 aromatic carbocycles. The number of hydrogen-bond donors (Lipinski definition) is 0. The van der Waals surface area contributed by atoms with Crippen LogP contribution in [0.15, 0.2) is 60.3 Å². The van der Waals surface area contributed by atoms with E-state index in [-0.39, 0.29) is 0 Å². The molecular weight excluding hydrogens is 206 g/mol. The molecule has 0 unspecified atom stereocenters. The Hall–Kier alpha value is -1.76. The molecule has 0 saturated carbocycles. The Balaban J connectivity index is 1.77. The third-order valence-electron chi connectivity index (χ3n) is 3.45. The minimum absolute atomic E-state index is 1.09. The van der Waals surface area contributed by atoms with Crippen LogP contribution in [0.2, 0.25) is 0 Å². The smallest absolute Gasteiger partial charge is 0.0480 e. The summed E-state index contributed by atoms with van der Waals surface area (Å²) in [6.45, 7) is 1.09. The second-order valence-corrected chi connectivity index (χ2v) is 4.61. The second-order valence-electron chi connectivity index (χ2n) is 4.61. The van der Waals surface area contributed by atoms with Crippen molar-refractivity contribution in [1.29, 1.82) is 0 Å². The molecule has 1 heterocycles. The van der Waals surface area contributed by atoms with Gasteiger partial charge in [0.25, 0.3) is 0 Å². The summed E-state index contributed by atoms with van der Waals surface area (Å²) >= 11 is 0. The zero-order valence-corrected chi connectivity index (χ0v) is 9.97. The Bertz CT molecular complexity index is 572. The molecule has 1 nitrogen and oxygen atoms in total. The fourth-order valence-electron chi connectivity index (χ4n) is 2.46. The molecule has 0 aliphatic heterocycles. The normalized spacial score (nSPS) is 15.2. The molecule has 1 heteroatoms. The van der Waals surface area contributed by atoms with E-state index in [4.69, 9.17) is 0 Å². The first-order chi connectivity index (χ1) is 8.43. The predicted molar refractivity (Wildman–Crippen MR) is 73.0 cm³/mol. The van der Waals surface area contributed by atoms with Crippen molar-refractivity contribution in [3.8, 4) is 0 Å². The minimum Gasteiger partial charge on any atom is -0.347 e. The average Bonchev–Trinajstić information content (AvgIpc) is 2.81. The highest BCUT2D eigenvalue weighted by molar-refractivity contribution is 5.79. The van der Waals surface area contributed by atoms with Crippen LogP contribution in [0.1, 0.15) is 19.3 Å². The van der Waals surface area contributed by atoms with Gasteiger partial charge in [0.2, 0.25) is 0 Å². The zero-order valence-electron chi connectivity index (χ0n) is 9.97. The lowest BCUT2D eigenvalue weighted by Gasteiger charge is -2.10. The summed E-state index contributed by atoms with van der Waals surface area (Å²) in [6.07, 6.45) is 12.5. The van der Waals surface area contributed by atoms with Crippen LogP contribution in [0.5, 0.6) is 0 Å². The maximum Gasteiger partial charge on any atom is 0.0480 e. The SMILES string of the molecule is C1=CCCC(CCn2ccc3ccccc32)=C1. The van der Waals surface area contributed by atoms with Crippen molar-refractivity contribution in [2.75, 3.05) is 0 Å². The average molecular weight is 223 g/mol. The predicted octanol–water partition coefficient (Wildman–Crippen LogP) is 4.31. The van der Waals surface area contributed by atoms with Gasteiger partial charge in [-0.3, -0.25) is 0 Å². The topological polar surface area (TPSA) is 4.93 Å². The van der Waals surface area contributed by atoms with E-state index in [1.165, 1.54) is 30.2 Å². The van der Waals surface area contributed by atoms with Gasteiger partial charge in [-0.1, -0.05) is 42.0 Å². The van der Waals surface area contributed by atoms with Crippen LogP contribution in [-0.2, 0) is 6.54 Å². The Morgan fingerprint density at radius 3 is 2.94 bits per heavy atom. The maximum atomic E-state index is 2.36. The number of benzene rings is 1. The number of allylic oxidation sites excluding steroid dienone is 4. The van der Waals surface area contributed by atoms with Gasteiger partial charge in [0.15, 0.2) is 0 Å². The van der Waals surface area contributed by atoms with Crippen molar-refractivity contribution in [2.45, 2.75) is 25.8 Å². The molecule has 0 spiro atoms. The van der Waals surface area contributed by atoms with E-state index in [1.807, 2.05) is 0 Å². The van der Waals surface area contributed by atoms with E-state index in [2.05, 4.69) is 59.3 Å². The molecule has 0 bridgehead atoms. The molecular formula is C16H17N. The van der Waals surface area contributed by atoms with Gasteiger partial charge < -0.3 is 4.57 Å². The quantitative estimate of drug-likeness (QED) is 0.730. The summed E-state index contributed by atoms with van der Waals surface area (Å²) in [5, 5.41) is 1.34. The first kappa shape index (κ1) is 10.4. The van der Waals surface area contributed by atoms with E-state index >= 15 is 0 Å². The molecule has 1 aliphatic rings. The monoisotopic (exact) mass is 223 g/mol. The molecule has 1 aromatic heterocycles. The van der Waals surface area contributed by atoms with E-state index in [0.29, 0.717) is 0 Å². The number of nitrogens with zero attached hydrogens (tertiary/aromatic N) is 1. The van der Waals surface area contributed by atoms with Crippen LogP contribution >= 0.6 is 0 Å². The minimum atomic E-state index is 1.09. The van der Waals surface area contributed by atoms with Gasteiger partial charge in [-0.2, -0.15) is 0 Å². The largest absolute Gasteiger partial charge is 0.347 e. The highest BCUT2D eigenvalue weighted by atomic mass is 14.9. The van der Waals surface area contributed by atoms with E-state index in [0.717, 1.165) is 6.54 Å². The number of aryl methyl sites for hydroxylation is 1. The van der Waals surface area contributed by atoms with Crippen LogP contribution in [0.4, 0.5) is 0 Å². The van der Waals surface area contributed by atoms with Gasteiger partial charge in [-0.15, -0.1) is 0 Å². The van der Waals surface area contributed by atoms with Gasteiger partial charge in [-0.05, 0) is 36.8 Å². The Morgan fingerprint density at radius 2 is 2.06 bits per heavy atom. The molecule has 0 fully saturated rings. The zero-order chi connectivity index (χ0) is 11.5. The number of fused-ring (bicyclic) bond motifs is 1. The summed E-state index contributed by atoms with van der Waals surface area (Å²) in [5.74, 6) is 0. The number of rotatable bonds is 3. The number of hydrogen-bond acceptors (Lipinski definition) is 0. The lowest BCUT2D eigenvalue weighted by Crippen LogP contribution is -1.98. The fourth-order valence-corrected chi connectivity index (χ4v) is 2.46. The van der Waals surface area contributed by atoms with Crippen LogP contribution in [0, 0.1) is 0 Å². The molecule has 0 saturated heterocycles. The third kappa shape index (κ3) is 2.19. The molecule has 0 atom stereocenters. The highest BCUT2D eigenvalue weighted by Crippen LogP contribution is 2.19. The molecule has 0 amide bonds. The van der Waals surface area contributed by atoms with Crippen molar-refractivity contribution in [1.82, 2.24) is 4.57 Å². The van der Waals surface area contributed by atoms with Crippen molar-refractivity contribution in [3.63, 3.8) is 0 Å². The van der Waals surface area contributed by atoms with Crippen molar-refractivity contribution < 1.29 is 0 Å². The van der Waals surface area contributed by atoms with Crippen molar-refractivity contribution in [3.05, 3.63) is 60.3 Å². The molecule has 1 aliphatic carbocycles. The lowest BCUT2D eigenvalue weighted by molar-refractivity contribution is 0.694. The van der Waals surface area contributed by atoms with Crippen LogP contribution in [0.25, 0.3) is 10.9 Å². The summed E-state index contributed by atoms with van der Waals surface area (Å²) in [4.78, 5) is 0. The first-order valence-electron chi connectivity index (χ1n) is 6.32. The maximum absolute atomic E-state index is 2.36. The van der Waals surface area contributed by atoms with Crippen molar-refractivity contribution >= 4 is 10.9 Å². The van der Waals surface area contributed by atoms with Gasteiger partial charge in [0.1, 0.15) is 0 Å². The summed E-state index contributed by atoms with van der Waals surface area (Å²) < 4.78 is 2.36. The Kier molecular flexibility index (Phi) is 2.83. The third-order valence-corrected chi connectivity index (χ3v) is 3.45. The highest BCUT2D eigenvalue weighted by Gasteiger charge is 2.02. The number of para-hydroxylation sites is 1. The van der Waals surface area contributed by atoms with E-state index in [1.54, 1.807) is 5.57 Å². The summed E-state index contributed by atoms with van der Waals surface area (Å²) in [7, 11) is 0. The van der Waals surface area contributed by atoms with Crippen molar-refractivity contribution in [2.24, 2.45) is 0 Å². The van der Waals surface area contributed by atoms with Gasteiger partial charge in [-0.25, -0.2) is 0 Å².